The third kappa shape index (κ3) is 7.74. The molecule has 0 saturated carbocycles. The average Bonchev–Trinajstić information content (AvgIpc) is 3.31. The number of ketones is 1. The van der Waals surface area contributed by atoms with Gasteiger partial charge in [-0.05, 0) is 52.0 Å². The first kappa shape index (κ1) is 34.0. The first-order chi connectivity index (χ1) is 19.8. The number of fused-ring (bicyclic) bond motifs is 1. The Hall–Kier alpha value is -3.46. The number of halogens is 3. The minimum atomic E-state index is -4.25. The average molecular weight is 642 g/mol. The van der Waals surface area contributed by atoms with E-state index in [0.717, 1.165) is 16.4 Å². The van der Waals surface area contributed by atoms with E-state index in [1.807, 2.05) is 0 Å². The van der Waals surface area contributed by atoms with Gasteiger partial charge in [-0.15, -0.1) is 12.4 Å². The van der Waals surface area contributed by atoms with Crippen molar-refractivity contribution in [2.45, 2.75) is 64.1 Å². The van der Waals surface area contributed by atoms with Gasteiger partial charge in [0.05, 0.1) is 33.6 Å². The van der Waals surface area contributed by atoms with Crippen LogP contribution in [0.15, 0.2) is 41.3 Å². The smallest absolute Gasteiger partial charge is 0.283 e. The van der Waals surface area contributed by atoms with E-state index in [-0.39, 0.29) is 55.3 Å². The summed E-state index contributed by atoms with van der Waals surface area (Å²) >= 11 is 0. The summed E-state index contributed by atoms with van der Waals surface area (Å²) < 4.78 is 60.5. The van der Waals surface area contributed by atoms with Gasteiger partial charge in [-0.1, -0.05) is 0 Å². The van der Waals surface area contributed by atoms with Crippen LogP contribution in [-0.2, 0) is 29.4 Å². The van der Waals surface area contributed by atoms with Crippen LogP contribution in [0.2, 0.25) is 0 Å². The highest BCUT2D eigenvalue weighted by Crippen LogP contribution is 2.30. The van der Waals surface area contributed by atoms with E-state index in [0.29, 0.717) is 42.6 Å². The molecule has 1 aromatic heterocycles. The maximum absolute atomic E-state index is 13.7. The van der Waals surface area contributed by atoms with Crippen LogP contribution in [0, 0.1) is 21.7 Å². The Bertz CT molecular complexity index is 1570. The molecule has 0 unspecified atom stereocenters. The van der Waals surface area contributed by atoms with Crippen molar-refractivity contribution in [3.63, 3.8) is 0 Å². The molecule has 3 aromatic rings. The molecule has 1 aliphatic heterocycles. The van der Waals surface area contributed by atoms with Gasteiger partial charge in [-0.3, -0.25) is 24.9 Å². The summed E-state index contributed by atoms with van der Waals surface area (Å²) in [6.07, 6.45) is -0.0993. The summed E-state index contributed by atoms with van der Waals surface area (Å²) in [6.45, 7) is 9.06. The summed E-state index contributed by atoms with van der Waals surface area (Å²) in [6, 6.07) is 6.72. The molecule has 43 heavy (non-hydrogen) atoms. The summed E-state index contributed by atoms with van der Waals surface area (Å²) in [7, 11) is -4.25. The zero-order chi connectivity index (χ0) is 30.8. The van der Waals surface area contributed by atoms with Crippen molar-refractivity contribution in [3.05, 3.63) is 80.7 Å². The lowest BCUT2D eigenvalue weighted by molar-refractivity contribution is -0.385. The van der Waals surface area contributed by atoms with Crippen molar-refractivity contribution in [3.8, 4) is 5.75 Å². The lowest BCUT2D eigenvalue weighted by Gasteiger charge is -2.30. The van der Waals surface area contributed by atoms with Crippen LogP contribution in [0.1, 0.15) is 55.0 Å². The van der Waals surface area contributed by atoms with Crippen LogP contribution in [0.4, 0.5) is 14.5 Å². The van der Waals surface area contributed by atoms with Gasteiger partial charge >= 0.3 is 0 Å². The molecule has 0 saturated heterocycles. The molecule has 1 aliphatic rings. The summed E-state index contributed by atoms with van der Waals surface area (Å²) in [5, 5.41) is 18.8. The second-order valence-corrected chi connectivity index (χ2v) is 12.6. The van der Waals surface area contributed by atoms with Crippen molar-refractivity contribution in [1.82, 2.24) is 19.4 Å². The number of carbonyl (C=O) groups excluding carboxylic acids is 1. The van der Waals surface area contributed by atoms with Crippen LogP contribution < -0.4 is 4.74 Å². The Labute approximate surface area is 254 Å². The molecular weight excluding hydrogens is 608 g/mol. The minimum absolute atomic E-state index is 0. The second kappa shape index (κ2) is 13.9. The van der Waals surface area contributed by atoms with E-state index < -0.39 is 42.9 Å². The fourth-order valence-electron chi connectivity index (χ4n) is 5.12. The maximum Gasteiger partial charge on any atom is 0.283 e. The zero-order valence-electron chi connectivity index (χ0n) is 24.2. The highest BCUT2D eigenvalue weighted by atomic mass is 35.5. The Morgan fingerprint density at radius 3 is 2.40 bits per heavy atom. The Morgan fingerprint density at radius 1 is 1.14 bits per heavy atom. The number of nitrogens with one attached hydrogen (secondary N) is 1. The Balaban J connectivity index is 0.00000506. The van der Waals surface area contributed by atoms with E-state index in [4.69, 9.17) is 4.74 Å². The lowest BCUT2D eigenvalue weighted by Crippen LogP contribution is -2.39. The zero-order valence-corrected chi connectivity index (χ0v) is 25.8. The molecule has 4 rings (SSSR count). The van der Waals surface area contributed by atoms with Crippen molar-refractivity contribution in [2.75, 3.05) is 19.7 Å². The van der Waals surface area contributed by atoms with Gasteiger partial charge in [-0.25, -0.2) is 17.2 Å². The largest absolute Gasteiger partial charge is 0.492 e. The number of nitro benzene ring substituents is 1. The third-order valence-electron chi connectivity index (χ3n) is 7.20. The number of aromatic amines is 1. The molecule has 234 valence electrons. The predicted molar refractivity (Wildman–Crippen MR) is 157 cm³/mol. The molecule has 0 radical (unpaired) electrons. The lowest BCUT2D eigenvalue weighted by atomic mass is 10.00. The molecule has 0 fully saturated rings. The minimum Gasteiger partial charge on any atom is -0.492 e. The highest BCUT2D eigenvalue weighted by Gasteiger charge is 2.33. The van der Waals surface area contributed by atoms with Gasteiger partial charge in [0.15, 0.2) is 5.78 Å². The van der Waals surface area contributed by atoms with Crippen LogP contribution in [0.5, 0.6) is 5.75 Å². The van der Waals surface area contributed by atoms with Crippen molar-refractivity contribution in [1.29, 1.82) is 0 Å². The van der Waals surface area contributed by atoms with Crippen LogP contribution in [0.3, 0.4) is 0 Å². The van der Waals surface area contributed by atoms with E-state index in [9.17, 15) is 32.1 Å². The molecule has 11 nitrogen and oxygen atoms in total. The van der Waals surface area contributed by atoms with Gasteiger partial charge in [0.2, 0.25) is 10.0 Å². The van der Waals surface area contributed by atoms with Crippen molar-refractivity contribution in [2.24, 2.45) is 0 Å². The summed E-state index contributed by atoms with van der Waals surface area (Å²) in [5.41, 5.74) is 0.745. The van der Waals surface area contributed by atoms with E-state index >= 15 is 0 Å². The monoisotopic (exact) mass is 641 g/mol. The SMILES string of the molecule is CC(C)N(CCOc1ccc(C(=O)Cc2n[nH]c3c2CN(S(=O)(=O)c2cc(F)cc(F)c2)CC3)c([N+](=O)[O-])c1)C(C)C.Cl. The van der Waals surface area contributed by atoms with Crippen molar-refractivity contribution >= 4 is 33.9 Å². The molecule has 0 aliphatic carbocycles. The number of nitro groups is 1. The fourth-order valence-corrected chi connectivity index (χ4v) is 6.58. The number of hydrogen-bond acceptors (Lipinski definition) is 8. The molecule has 15 heteroatoms. The predicted octanol–water partition coefficient (Wildman–Crippen LogP) is 4.69. The standard InChI is InChI=1S/C28H33F2N5O6S.ClH/c1-17(2)34(18(3)4)9-10-41-21-5-6-23(27(14-21)35(37)38)28(36)15-26-24-16-33(8-7-25(24)31-32-26)42(39,40)22-12-19(29)11-20(30)13-22;/h5-6,11-14,17-18H,7-10,15-16H2,1-4H3,(H,31,32);1H. The molecule has 1 N–H and O–H groups in total. The van der Waals surface area contributed by atoms with Gasteiger partial charge in [0, 0.05) is 55.5 Å². The number of hydrogen-bond donors (Lipinski definition) is 1. The molecular formula is C28H34ClF2N5O6S. The third-order valence-corrected chi connectivity index (χ3v) is 9.02. The Kier molecular flexibility index (Phi) is 11.0. The highest BCUT2D eigenvalue weighted by molar-refractivity contribution is 7.89. The van der Waals surface area contributed by atoms with Gasteiger partial charge < -0.3 is 4.74 Å². The number of Topliss-reactive ketones (excluding diaryl/α,β-unsaturated/α-hetero) is 1. The molecule has 0 atom stereocenters. The second-order valence-electron chi connectivity index (χ2n) is 10.6. The number of rotatable bonds is 12. The van der Waals surface area contributed by atoms with Crippen LogP contribution >= 0.6 is 12.4 Å². The number of nitrogens with zero attached hydrogens (tertiary/aromatic N) is 4. The van der Waals surface area contributed by atoms with Gasteiger partial charge in [0.25, 0.3) is 5.69 Å². The molecule has 0 amide bonds. The number of benzene rings is 2. The molecule has 0 bridgehead atoms. The number of aromatic nitrogens is 2. The first-order valence-electron chi connectivity index (χ1n) is 13.5. The quantitative estimate of drug-likeness (QED) is 0.171. The van der Waals surface area contributed by atoms with Crippen molar-refractivity contribution < 1.29 is 31.7 Å². The molecule has 2 heterocycles. The number of H-pyrrole nitrogens is 1. The normalized spacial score (nSPS) is 13.7. The molecule has 2 aromatic carbocycles. The fraction of sp³-hybridized carbons (Fsp3) is 0.429. The number of sulfonamides is 1. The van der Waals surface area contributed by atoms with E-state index in [1.54, 1.807) is 0 Å². The topological polar surface area (TPSA) is 139 Å². The maximum atomic E-state index is 13.7. The summed E-state index contributed by atoms with van der Waals surface area (Å²) in [5.74, 6) is -2.36. The number of carbonyl (C=O) groups is 1. The number of ether oxygens (including phenoxy) is 1. The van der Waals surface area contributed by atoms with E-state index in [2.05, 4.69) is 42.8 Å². The van der Waals surface area contributed by atoms with Crippen LogP contribution in [-0.4, -0.2) is 70.3 Å². The first-order valence-corrected chi connectivity index (χ1v) is 14.9. The van der Waals surface area contributed by atoms with Gasteiger partial charge in [0.1, 0.15) is 24.0 Å². The summed E-state index contributed by atoms with van der Waals surface area (Å²) in [4.78, 5) is 26.1. The van der Waals surface area contributed by atoms with Crippen LogP contribution in [0.25, 0.3) is 0 Å². The van der Waals surface area contributed by atoms with E-state index in [1.165, 1.54) is 18.2 Å². The van der Waals surface area contributed by atoms with Gasteiger partial charge in [-0.2, -0.15) is 9.40 Å². The Morgan fingerprint density at radius 2 is 1.79 bits per heavy atom. The molecule has 0 spiro atoms.